The minimum absolute atomic E-state index is 0. The van der Waals surface area contributed by atoms with E-state index >= 15 is 0 Å². The Morgan fingerprint density at radius 2 is 0.964 bits per heavy atom. The van der Waals surface area contributed by atoms with Crippen LogP contribution in [0.5, 0.6) is 0 Å². The van der Waals surface area contributed by atoms with E-state index in [0.717, 1.165) is 6.07 Å². The van der Waals surface area contributed by atoms with Crippen LogP contribution in [0.3, 0.4) is 0 Å². The second-order valence-corrected chi connectivity index (χ2v) is 5.21. The molecule has 0 fully saturated rings. The fourth-order valence-electron chi connectivity index (χ4n) is 1.79. The van der Waals surface area contributed by atoms with Crippen LogP contribution in [0, 0.1) is 37.7 Å². The van der Waals surface area contributed by atoms with Crippen molar-refractivity contribution in [2.45, 2.75) is 41.9 Å². The van der Waals surface area contributed by atoms with E-state index in [0.29, 0.717) is 12.1 Å². The van der Waals surface area contributed by atoms with Gasteiger partial charge in [-0.15, -0.1) is 0 Å². The summed E-state index contributed by atoms with van der Waals surface area (Å²) in [6, 6.07) is 2.57. The van der Waals surface area contributed by atoms with Gasteiger partial charge in [0.05, 0.1) is 0 Å². The van der Waals surface area contributed by atoms with Crippen molar-refractivity contribution < 1.29 is 99.9 Å². The molecule has 28 heavy (non-hydrogen) atoms. The largest absolute Gasteiger partial charge is 0.384 e. The van der Waals surface area contributed by atoms with Crippen LogP contribution in [0.4, 0.5) is 57.1 Å². The fraction of sp³-hybridized carbons (Fsp3) is 0.538. The second kappa shape index (κ2) is 7.99. The van der Waals surface area contributed by atoms with Gasteiger partial charge in [0.1, 0.15) is 0 Å². The van der Waals surface area contributed by atoms with Gasteiger partial charge in [0.15, 0.2) is 0 Å². The maximum absolute atomic E-state index is 13.9. The van der Waals surface area contributed by atoms with E-state index in [-0.39, 0.29) is 49.9 Å². The number of rotatable bonds is 7. The quantitative estimate of drug-likeness (QED) is 0.546. The van der Waals surface area contributed by atoms with E-state index < -0.39 is 47.5 Å². The molecule has 1 atom stereocenters. The molecule has 164 valence electrons. The Kier molecular flexibility index (Phi) is 7.85. The van der Waals surface area contributed by atoms with Gasteiger partial charge in [-0.05, 0) is 0 Å². The summed E-state index contributed by atoms with van der Waals surface area (Å²) >= 11 is 0. The molecular formula is C13H7ArF13O. The summed E-state index contributed by atoms with van der Waals surface area (Å²) in [5.74, 6) is -43.5. The van der Waals surface area contributed by atoms with E-state index in [4.69, 9.17) is 5.11 Å². The molecule has 0 saturated heterocycles. The molecule has 1 N–H and O–H groups in total. The third-order valence-electron chi connectivity index (χ3n) is 3.45. The van der Waals surface area contributed by atoms with Gasteiger partial charge in [0.25, 0.3) is 0 Å². The summed E-state index contributed by atoms with van der Waals surface area (Å²) in [6.45, 7) is 0. The minimum atomic E-state index is -7.92. The van der Waals surface area contributed by atoms with Crippen molar-refractivity contribution in [1.29, 1.82) is 0 Å². The molecule has 0 aromatic heterocycles. The summed E-state index contributed by atoms with van der Waals surface area (Å²) in [4.78, 5) is 0. The van der Waals surface area contributed by atoms with Crippen molar-refractivity contribution in [3.05, 3.63) is 35.9 Å². The molecule has 0 amide bonds. The van der Waals surface area contributed by atoms with Gasteiger partial charge in [-0.2, -0.15) is 48.3 Å². The van der Waals surface area contributed by atoms with Crippen LogP contribution in [0.2, 0.25) is 0 Å². The maximum Gasteiger partial charge on any atom is 0.384 e. The van der Waals surface area contributed by atoms with Crippen molar-refractivity contribution in [1.82, 2.24) is 0 Å². The first kappa shape index (κ1) is 27.5. The van der Waals surface area contributed by atoms with Gasteiger partial charge >= 0.3 is 41.9 Å². The fourth-order valence-corrected chi connectivity index (χ4v) is 1.79. The zero-order valence-electron chi connectivity index (χ0n) is 12.7. The summed E-state index contributed by atoms with van der Waals surface area (Å²) in [7, 11) is 0. The molecule has 1 aromatic rings. The molecule has 1 nitrogen and oxygen atoms in total. The van der Waals surface area contributed by atoms with Gasteiger partial charge < -0.3 is 5.11 Å². The summed E-state index contributed by atoms with van der Waals surface area (Å²) in [5, 5.41) is 8.98. The van der Waals surface area contributed by atoms with Gasteiger partial charge in [0.2, 0.25) is 0 Å². The molecule has 0 saturated carbocycles. The van der Waals surface area contributed by atoms with Crippen molar-refractivity contribution in [2.75, 3.05) is 0 Å². The number of hydrogen-bond acceptors (Lipinski definition) is 1. The molecule has 0 aliphatic carbocycles. The van der Waals surface area contributed by atoms with Crippen molar-refractivity contribution >= 4 is 0 Å². The molecule has 1 aromatic carbocycles. The van der Waals surface area contributed by atoms with Crippen molar-refractivity contribution in [3.63, 3.8) is 0 Å². The smallest absolute Gasteiger partial charge is 0.353 e. The number of hydrogen-bond donors (Lipinski definition) is 1. The van der Waals surface area contributed by atoms with Crippen LogP contribution >= 0.6 is 0 Å². The Morgan fingerprint density at radius 3 is 1.32 bits per heavy atom. The normalized spacial score (nSPS) is 16.5. The number of benzene rings is 1. The van der Waals surface area contributed by atoms with E-state index in [2.05, 4.69) is 0 Å². The van der Waals surface area contributed by atoms with Gasteiger partial charge in [-0.3, -0.25) is 0 Å². The SMILES string of the molecule is OC(F)(c1ccccc1)C(F)(F)C(F)(F)C(F)(F)C(F)(F)C(F)(F)C(F)F.[Ar]. The topological polar surface area (TPSA) is 20.2 Å². The number of halogens is 13. The van der Waals surface area contributed by atoms with Gasteiger partial charge in [0, 0.05) is 43.3 Å². The molecule has 0 aliphatic heterocycles. The van der Waals surface area contributed by atoms with E-state index in [9.17, 15) is 57.1 Å². The van der Waals surface area contributed by atoms with Crippen LogP contribution in [0.1, 0.15) is 5.56 Å². The first-order chi connectivity index (χ1) is 11.8. The standard InChI is InChI=1S/C13H7F13O.Ar/c14-7(15)8(16,17)10(19,20)12(23,24)13(25,26)11(21,22)9(18,27)6-4-2-1-3-5-6;/h1-5,7,27H;. The number of aliphatic hydroxyl groups is 1. The molecule has 0 aliphatic rings. The van der Waals surface area contributed by atoms with Crippen LogP contribution in [-0.2, 0) is 5.85 Å². The predicted octanol–water partition coefficient (Wildman–Crippen LogP) is 5.24. The Labute approximate surface area is 177 Å². The molecule has 0 bridgehead atoms. The minimum Gasteiger partial charge on any atom is -0.353 e. The van der Waals surface area contributed by atoms with E-state index in [1.165, 1.54) is 0 Å². The maximum atomic E-state index is 13.9. The molecule has 1 rings (SSSR count). The Morgan fingerprint density at radius 1 is 0.607 bits per heavy atom. The molecule has 0 spiro atoms. The monoisotopic (exact) mass is 466 g/mol. The zero-order valence-corrected chi connectivity index (χ0v) is 13.4. The van der Waals surface area contributed by atoms with Crippen molar-refractivity contribution in [2.24, 2.45) is 0 Å². The van der Waals surface area contributed by atoms with Crippen molar-refractivity contribution in [3.8, 4) is 0 Å². The van der Waals surface area contributed by atoms with E-state index in [1.807, 2.05) is 0 Å². The van der Waals surface area contributed by atoms with E-state index in [1.54, 1.807) is 0 Å². The first-order valence-electron chi connectivity index (χ1n) is 6.44. The second-order valence-electron chi connectivity index (χ2n) is 5.21. The summed E-state index contributed by atoms with van der Waals surface area (Å²) in [5.41, 5.74) is -1.82. The first-order valence-corrected chi connectivity index (χ1v) is 6.44. The van der Waals surface area contributed by atoms with Crippen LogP contribution in [0.15, 0.2) is 30.3 Å². The Bertz CT molecular complexity index is 660. The van der Waals surface area contributed by atoms with Crippen LogP contribution < -0.4 is 0 Å². The molecule has 0 radical (unpaired) electrons. The third-order valence-corrected chi connectivity index (χ3v) is 3.45. The summed E-state index contributed by atoms with van der Waals surface area (Å²) in [6.07, 6.45) is -5.67. The van der Waals surface area contributed by atoms with Gasteiger partial charge in [-0.1, -0.05) is 30.3 Å². The Hall–Kier alpha value is -0.470. The number of alkyl halides is 13. The molecule has 0 heterocycles. The average Bonchev–Trinajstić information content (AvgIpc) is 2.54. The zero-order chi connectivity index (χ0) is 21.7. The third kappa shape index (κ3) is 3.69. The predicted molar refractivity (Wildman–Crippen MR) is 62.2 cm³/mol. The molecule has 15 heteroatoms. The summed E-state index contributed by atoms with van der Waals surface area (Å²) < 4.78 is 170. The van der Waals surface area contributed by atoms with Crippen LogP contribution in [0.25, 0.3) is 0 Å². The van der Waals surface area contributed by atoms with Gasteiger partial charge in [-0.25, -0.2) is 8.78 Å². The van der Waals surface area contributed by atoms with Crippen LogP contribution in [-0.4, -0.2) is 41.1 Å². The molecule has 1 unspecified atom stereocenters. The Balaban J connectivity index is 0.00000729. The molecular weight excluding hydrogens is 459 g/mol. The average molecular weight is 466 g/mol.